The number of hydrogen-bond acceptors (Lipinski definition) is 3. The molecule has 1 aromatic heterocycles. The summed E-state index contributed by atoms with van der Waals surface area (Å²) in [6.45, 7) is 0. The van der Waals surface area contributed by atoms with Crippen molar-refractivity contribution in [3.8, 4) is 0 Å². The summed E-state index contributed by atoms with van der Waals surface area (Å²) >= 11 is 9.61. The standard InChI is InChI=1S/C15H15ClFNS2/c16-11-5-9(1-2-12(11)17)6-13(18)15-7-10-8-19-4-3-14(10)20-15/h1-2,5,7,13H,3-4,6,8,18H2. The number of halogens is 2. The molecule has 1 aromatic carbocycles. The van der Waals surface area contributed by atoms with E-state index in [-0.39, 0.29) is 16.9 Å². The Morgan fingerprint density at radius 1 is 1.35 bits per heavy atom. The van der Waals surface area contributed by atoms with E-state index in [9.17, 15) is 4.39 Å². The summed E-state index contributed by atoms with van der Waals surface area (Å²) in [6, 6.07) is 7.02. The number of rotatable bonds is 3. The average molecular weight is 328 g/mol. The Morgan fingerprint density at radius 3 is 2.95 bits per heavy atom. The van der Waals surface area contributed by atoms with Crippen molar-refractivity contribution >= 4 is 34.7 Å². The molecule has 3 rings (SSSR count). The van der Waals surface area contributed by atoms with Gasteiger partial charge in [0.2, 0.25) is 0 Å². The first-order valence-corrected chi connectivity index (χ1v) is 8.87. The zero-order valence-electron chi connectivity index (χ0n) is 10.9. The first-order chi connectivity index (χ1) is 9.63. The molecule has 2 aromatic rings. The molecule has 1 aliphatic rings. The highest BCUT2D eigenvalue weighted by Crippen LogP contribution is 2.34. The Kier molecular flexibility index (Phi) is 4.36. The van der Waals surface area contributed by atoms with Crippen LogP contribution < -0.4 is 5.73 Å². The summed E-state index contributed by atoms with van der Waals surface area (Å²) in [5.74, 6) is 1.92. The van der Waals surface area contributed by atoms with Gasteiger partial charge in [0.05, 0.1) is 5.02 Å². The third kappa shape index (κ3) is 3.03. The topological polar surface area (TPSA) is 26.0 Å². The molecule has 0 saturated carbocycles. The van der Waals surface area contributed by atoms with Crippen molar-refractivity contribution in [2.24, 2.45) is 5.73 Å². The SMILES string of the molecule is NC(Cc1ccc(F)c(Cl)c1)c1cc2c(s1)CCSC2. The number of thiophene rings is 1. The predicted molar refractivity (Wildman–Crippen MR) is 86.2 cm³/mol. The molecule has 0 bridgehead atoms. The Labute approximate surface area is 131 Å². The zero-order valence-corrected chi connectivity index (χ0v) is 13.3. The molecule has 1 atom stereocenters. The van der Waals surface area contributed by atoms with Crippen LogP contribution in [0.3, 0.4) is 0 Å². The lowest BCUT2D eigenvalue weighted by molar-refractivity contribution is 0.626. The van der Waals surface area contributed by atoms with E-state index in [1.54, 1.807) is 12.1 Å². The molecule has 0 saturated heterocycles. The second-order valence-electron chi connectivity index (χ2n) is 4.96. The van der Waals surface area contributed by atoms with Crippen LogP contribution in [-0.2, 0) is 18.6 Å². The highest BCUT2D eigenvalue weighted by atomic mass is 35.5. The number of thioether (sulfide) groups is 1. The predicted octanol–water partition coefficient (Wildman–Crippen LogP) is 4.57. The van der Waals surface area contributed by atoms with Crippen molar-refractivity contribution in [3.63, 3.8) is 0 Å². The van der Waals surface area contributed by atoms with Crippen molar-refractivity contribution < 1.29 is 4.39 Å². The number of hydrogen-bond donors (Lipinski definition) is 1. The minimum absolute atomic E-state index is 0.0443. The summed E-state index contributed by atoms with van der Waals surface area (Å²) in [4.78, 5) is 2.70. The largest absolute Gasteiger partial charge is 0.323 e. The molecule has 1 unspecified atom stereocenters. The van der Waals surface area contributed by atoms with Crippen molar-refractivity contribution in [1.82, 2.24) is 0 Å². The van der Waals surface area contributed by atoms with Gasteiger partial charge in [0, 0.05) is 21.5 Å². The van der Waals surface area contributed by atoms with Crippen molar-refractivity contribution in [2.45, 2.75) is 24.6 Å². The maximum Gasteiger partial charge on any atom is 0.141 e. The second-order valence-corrected chi connectivity index (χ2v) is 7.64. The summed E-state index contributed by atoms with van der Waals surface area (Å²) in [5, 5.41) is 0.163. The fraction of sp³-hybridized carbons (Fsp3) is 0.333. The molecular formula is C15H15ClFNS2. The van der Waals surface area contributed by atoms with Crippen LogP contribution in [0, 0.1) is 5.82 Å². The maximum atomic E-state index is 13.2. The maximum absolute atomic E-state index is 13.2. The number of nitrogens with two attached hydrogens (primary N) is 1. The van der Waals surface area contributed by atoms with Crippen LogP contribution in [0.5, 0.6) is 0 Å². The van der Waals surface area contributed by atoms with E-state index in [2.05, 4.69) is 6.07 Å². The molecule has 5 heteroatoms. The van der Waals surface area contributed by atoms with Crippen LogP contribution in [0.15, 0.2) is 24.3 Å². The highest BCUT2D eigenvalue weighted by Gasteiger charge is 2.17. The number of aryl methyl sites for hydroxylation is 1. The van der Waals surface area contributed by atoms with Crippen LogP contribution in [0.2, 0.25) is 5.02 Å². The van der Waals surface area contributed by atoms with E-state index < -0.39 is 0 Å². The van der Waals surface area contributed by atoms with E-state index in [4.69, 9.17) is 17.3 Å². The van der Waals surface area contributed by atoms with Crippen LogP contribution in [0.25, 0.3) is 0 Å². The number of benzene rings is 1. The summed E-state index contributed by atoms with van der Waals surface area (Å²) in [7, 11) is 0. The fourth-order valence-corrected chi connectivity index (χ4v) is 4.95. The Hall–Kier alpha value is -0.550. The van der Waals surface area contributed by atoms with Crippen LogP contribution in [0.4, 0.5) is 4.39 Å². The van der Waals surface area contributed by atoms with Gasteiger partial charge in [0.15, 0.2) is 0 Å². The quantitative estimate of drug-likeness (QED) is 0.893. The number of fused-ring (bicyclic) bond motifs is 1. The van der Waals surface area contributed by atoms with Crippen molar-refractivity contribution in [1.29, 1.82) is 0 Å². The molecule has 0 spiro atoms. The van der Waals surface area contributed by atoms with Gasteiger partial charge in [-0.3, -0.25) is 0 Å². The first-order valence-electron chi connectivity index (χ1n) is 6.52. The summed E-state index contributed by atoms with van der Waals surface area (Å²) in [6.07, 6.45) is 1.84. The molecule has 0 amide bonds. The van der Waals surface area contributed by atoms with Gasteiger partial charge in [-0.15, -0.1) is 11.3 Å². The van der Waals surface area contributed by atoms with E-state index in [0.29, 0.717) is 6.42 Å². The van der Waals surface area contributed by atoms with Gasteiger partial charge in [-0.25, -0.2) is 4.39 Å². The molecule has 1 aliphatic heterocycles. The lowest BCUT2D eigenvalue weighted by Gasteiger charge is -2.10. The second kappa shape index (κ2) is 6.06. The molecule has 1 nitrogen and oxygen atoms in total. The normalized spacial score (nSPS) is 15.9. The molecule has 20 heavy (non-hydrogen) atoms. The van der Waals surface area contributed by atoms with Gasteiger partial charge in [0.1, 0.15) is 5.82 Å². The van der Waals surface area contributed by atoms with Gasteiger partial charge in [-0.1, -0.05) is 17.7 Å². The van der Waals surface area contributed by atoms with Gasteiger partial charge in [-0.2, -0.15) is 11.8 Å². The van der Waals surface area contributed by atoms with Gasteiger partial charge < -0.3 is 5.73 Å². The fourth-order valence-electron chi connectivity index (χ4n) is 2.37. The lowest BCUT2D eigenvalue weighted by atomic mass is 10.0. The molecule has 106 valence electrons. The van der Waals surface area contributed by atoms with Crippen LogP contribution >= 0.6 is 34.7 Å². The monoisotopic (exact) mass is 327 g/mol. The van der Waals surface area contributed by atoms with Gasteiger partial charge in [-0.05, 0) is 47.9 Å². The Balaban J connectivity index is 1.76. The van der Waals surface area contributed by atoms with E-state index >= 15 is 0 Å². The molecule has 0 radical (unpaired) electrons. The summed E-state index contributed by atoms with van der Waals surface area (Å²) < 4.78 is 13.2. The average Bonchev–Trinajstić information content (AvgIpc) is 2.87. The van der Waals surface area contributed by atoms with Gasteiger partial charge in [0.25, 0.3) is 0 Å². The van der Waals surface area contributed by atoms with E-state index in [0.717, 1.165) is 17.7 Å². The van der Waals surface area contributed by atoms with E-state index in [1.165, 1.54) is 27.1 Å². The van der Waals surface area contributed by atoms with Crippen molar-refractivity contribution in [2.75, 3.05) is 5.75 Å². The smallest absolute Gasteiger partial charge is 0.141 e. The van der Waals surface area contributed by atoms with Crippen molar-refractivity contribution in [3.05, 3.63) is 56.0 Å². The molecule has 0 fully saturated rings. The van der Waals surface area contributed by atoms with Crippen LogP contribution in [0.1, 0.15) is 26.9 Å². The Bertz CT molecular complexity index is 603. The minimum Gasteiger partial charge on any atom is -0.323 e. The third-order valence-corrected chi connectivity index (χ3v) is 6.12. The third-order valence-electron chi connectivity index (χ3n) is 3.45. The zero-order chi connectivity index (χ0) is 14.1. The lowest BCUT2D eigenvalue weighted by Crippen LogP contribution is -2.11. The van der Waals surface area contributed by atoms with E-state index in [1.807, 2.05) is 23.1 Å². The summed E-state index contributed by atoms with van der Waals surface area (Å²) in [5.41, 5.74) is 8.71. The first kappa shape index (κ1) is 14.4. The highest BCUT2D eigenvalue weighted by molar-refractivity contribution is 7.98. The van der Waals surface area contributed by atoms with Gasteiger partial charge >= 0.3 is 0 Å². The molecule has 0 aliphatic carbocycles. The molecule has 2 heterocycles. The minimum atomic E-state index is -0.382. The molecule has 2 N–H and O–H groups in total. The Morgan fingerprint density at radius 2 is 2.20 bits per heavy atom. The molecular weight excluding hydrogens is 313 g/mol. The van der Waals surface area contributed by atoms with Crippen LogP contribution in [-0.4, -0.2) is 5.75 Å².